The lowest BCUT2D eigenvalue weighted by Gasteiger charge is -2.18. The van der Waals surface area contributed by atoms with Gasteiger partial charge in [0.25, 0.3) is 0 Å². The van der Waals surface area contributed by atoms with Gasteiger partial charge in [0.05, 0.1) is 66.1 Å². The van der Waals surface area contributed by atoms with Gasteiger partial charge >= 0.3 is 0 Å². The van der Waals surface area contributed by atoms with Gasteiger partial charge in [0.1, 0.15) is 0 Å². The van der Waals surface area contributed by atoms with Gasteiger partial charge in [0.15, 0.2) is 0 Å². The van der Waals surface area contributed by atoms with Crippen LogP contribution in [0.1, 0.15) is 49.3 Å². The number of hydrogen-bond donors (Lipinski definition) is 0. The minimum absolute atomic E-state index is 0.149. The molecule has 0 spiro atoms. The molecule has 0 aliphatic rings. The van der Waals surface area contributed by atoms with E-state index in [-0.39, 0.29) is 11.3 Å². The fraction of sp³-hybridized carbons (Fsp3) is 0. The second-order valence-corrected chi connectivity index (χ2v) is 13.9. The van der Waals surface area contributed by atoms with E-state index < -0.39 is 337 Å². The highest BCUT2D eigenvalue weighted by Gasteiger charge is 2.27. The summed E-state index contributed by atoms with van der Waals surface area (Å²) in [7, 11) is 0. The second kappa shape index (κ2) is 14.5. The summed E-state index contributed by atoms with van der Waals surface area (Å²) in [6.07, 6.45) is -0.848. The average molecular weight is 829 g/mol. The molecule has 0 saturated heterocycles. The number of hydrogen-bond acceptors (Lipinski definition) is 3. The zero-order chi connectivity index (χ0) is 71.6. The van der Waals surface area contributed by atoms with E-state index >= 15 is 0 Å². The van der Waals surface area contributed by atoms with Crippen LogP contribution in [0.2, 0.25) is 0 Å². The predicted molar refractivity (Wildman–Crippen MR) is 260 cm³/mol. The fourth-order valence-electron chi connectivity index (χ4n) is 7.21. The molecule has 0 fully saturated rings. The molecule has 9 aromatic carbocycles. The Labute approximate surface area is 408 Å². The predicted octanol–water partition coefficient (Wildman–Crippen LogP) is 16.3. The van der Waals surface area contributed by atoms with Crippen LogP contribution in [0.3, 0.4) is 0 Å². The first-order valence-electron chi connectivity index (χ1n) is 35.8. The molecule has 0 radical (unpaired) electrons. The number of thiophene rings is 1. The third-order valence-corrected chi connectivity index (χ3v) is 10.9. The Bertz CT molecular complexity index is 5620. The highest BCUT2D eigenvalue weighted by atomic mass is 32.1. The maximum Gasteiger partial charge on any atom is 0.0972 e. The summed E-state index contributed by atoms with van der Waals surface area (Å²) in [4.78, 5) is 6.94. The van der Waals surface area contributed by atoms with Crippen molar-refractivity contribution in [2.24, 2.45) is 0 Å². The Morgan fingerprint density at radius 3 is 1.36 bits per heavy atom. The standard InChI is InChI=1S/C58H36N2S/c1-4-17-37(18-5-1)51-45-26-12-14-28-47(45)54(48-29-15-13-27-46(48)51)58-53(39-21-8-3-9-22-39)52(38-19-6-2-7-20-38)57(61-58)49-34-33-44(42-24-10-11-25-43(42)49)50-35-32-41-31-30-40-23-16-36-59-55(40)56(41)60-50/h1-36H/i1D,2D,3D,4D,5D,6D,7D,8D,9D,10D,11D,12D,13D,14D,15D,16D,17D,18D,19D,20D,21D,22D,23D,24D,25D,26D,27D,28D,29D,30D,31D,32D,33D,34D,35D,36D. The second-order valence-electron chi connectivity index (χ2n) is 12.9. The molecule has 2 nitrogen and oxygen atoms in total. The summed E-state index contributed by atoms with van der Waals surface area (Å²) in [6.45, 7) is 0. The summed E-state index contributed by atoms with van der Waals surface area (Å²) in [5, 5.41) is -6.32. The summed E-state index contributed by atoms with van der Waals surface area (Å²) in [5.41, 5.74) is -10.2. The number of aromatic nitrogens is 2. The molecule has 3 heterocycles. The number of fused-ring (bicyclic) bond motifs is 6. The summed E-state index contributed by atoms with van der Waals surface area (Å²) >= 11 is 0.149. The molecule has 0 amide bonds. The van der Waals surface area contributed by atoms with Gasteiger partial charge in [-0.05, 0) is 66.7 Å². The van der Waals surface area contributed by atoms with Crippen LogP contribution < -0.4 is 0 Å². The first kappa shape index (κ1) is 14.5. The van der Waals surface area contributed by atoms with Crippen molar-refractivity contribution < 1.29 is 49.3 Å². The van der Waals surface area contributed by atoms with E-state index in [2.05, 4.69) is 9.97 Å². The molecule has 0 N–H and O–H groups in total. The molecule has 0 aliphatic carbocycles. The van der Waals surface area contributed by atoms with E-state index in [1.165, 1.54) is 0 Å². The van der Waals surface area contributed by atoms with Crippen molar-refractivity contribution in [1.82, 2.24) is 9.97 Å². The van der Waals surface area contributed by atoms with Crippen molar-refractivity contribution in [2.75, 3.05) is 0 Å². The zero-order valence-electron chi connectivity index (χ0n) is 66.3. The van der Waals surface area contributed by atoms with Crippen LogP contribution in [0.25, 0.3) is 120 Å². The first-order chi connectivity index (χ1) is 45.2. The zero-order valence-corrected chi connectivity index (χ0v) is 31.1. The third-order valence-electron chi connectivity index (χ3n) is 9.68. The Morgan fingerprint density at radius 1 is 0.328 bits per heavy atom. The van der Waals surface area contributed by atoms with Gasteiger partial charge in [-0.25, -0.2) is 4.98 Å². The molecule has 0 aliphatic heterocycles. The van der Waals surface area contributed by atoms with Crippen molar-refractivity contribution in [3.05, 3.63) is 218 Å². The molecule has 0 unspecified atom stereocenters. The van der Waals surface area contributed by atoms with E-state index in [9.17, 15) is 26.0 Å². The number of benzene rings is 9. The smallest absolute Gasteiger partial charge is 0.0972 e. The molecule has 12 rings (SSSR count). The lowest BCUT2D eigenvalue weighted by molar-refractivity contribution is 1.37. The van der Waals surface area contributed by atoms with Gasteiger partial charge in [0.2, 0.25) is 0 Å². The molecule has 12 aromatic rings. The summed E-state index contributed by atoms with van der Waals surface area (Å²) in [6, 6.07) is -37.5. The van der Waals surface area contributed by atoms with Crippen molar-refractivity contribution in [3.63, 3.8) is 0 Å². The average Bonchev–Trinajstić information content (AvgIpc) is 1.68. The van der Waals surface area contributed by atoms with Gasteiger partial charge in [-0.1, -0.05) is 199 Å². The maximum atomic E-state index is 10.3. The SMILES string of the molecule is [2H]c1nc2c(c([2H])c1[2H])c([2H])c([2H])c1c([2H])c([2H])c(-c3c([2H])c([2H])c(-c4sc(-c5c6c([2H])c([2H])c([2H])c([2H])c6c(-c6c([2H])c([2H])c([2H])c([2H])c6[2H])c6c([2H])c([2H])c([2H])c([2H])c56)c(-c5c([2H])c([2H])c([2H])c([2H])c5[2H])c4-c4c([2H])c([2H])c([2H])c([2H])c4[2H])c4c([2H])c([2H])c([2H])c([2H])c34)nc12. The van der Waals surface area contributed by atoms with Crippen molar-refractivity contribution in [2.45, 2.75) is 0 Å². The lowest BCUT2D eigenvalue weighted by atomic mass is 9.85. The Hall–Kier alpha value is -7.72. The summed E-state index contributed by atoms with van der Waals surface area (Å²) in [5.74, 6) is 0. The minimum Gasteiger partial charge on any atom is -0.254 e. The normalized spacial score (nSPS) is 19.9. The van der Waals surface area contributed by atoms with Crippen LogP contribution in [0.4, 0.5) is 0 Å². The summed E-state index contributed by atoms with van der Waals surface area (Å²) < 4.78 is 332. The van der Waals surface area contributed by atoms with Crippen LogP contribution >= 0.6 is 11.3 Å². The topological polar surface area (TPSA) is 25.8 Å². The van der Waals surface area contributed by atoms with Gasteiger partial charge in [-0.3, -0.25) is 4.98 Å². The molecular formula is C58H36N2S. The van der Waals surface area contributed by atoms with Crippen LogP contribution in [0.5, 0.6) is 0 Å². The van der Waals surface area contributed by atoms with Crippen LogP contribution in [0.15, 0.2) is 218 Å². The Balaban J connectivity index is 1.44. The van der Waals surface area contributed by atoms with E-state index in [0.717, 1.165) is 0 Å². The van der Waals surface area contributed by atoms with Crippen molar-refractivity contribution in [1.29, 1.82) is 0 Å². The fourth-order valence-corrected chi connectivity index (χ4v) is 8.58. The van der Waals surface area contributed by atoms with E-state index in [0.29, 0.717) is 0 Å². The van der Waals surface area contributed by atoms with E-state index in [1.54, 1.807) is 0 Å². The highest BCUT2D eigenvalue weighted by molar-refractivity contribution is 7.20. The number of pyridine rings is 2. The molecule has 0 atom stereocenters. The maximum absolute atomic E-state index is 10.3. The molecular weight excluding hydrogens is 757 g/mol. The van der Waals surface area contributed by atoms with Crippen LogP contribution in [-0.2, 0) is 0 Å². The third kappa shape index (κ3) is 5.78. The number of rotatable bonds is 6. The van der Waals surface area contributed by atoms with Gasteiger partial charge in [-0.2, -0.15) is 0 Å². The first-order valence-corrected chi connectivity index (χ1v) is 18.6. The monoisotopic (exact) mass is 828 g/mol. The van der Waals surface area contributed by atoms with Crippen LogP contribution in [-0.4, -0.2) is 9.97 Å². The van der Waals surface area contributed by atoms with E-state index in [1.807, 2.05) is 0 Å². The van der Waals surface area contributed by atoms with E-state index in [4.69, 9.17) is 23.3 Å². The van der Waals surface area contributed by atoms with Gasteiger partial charge in [0, 0.05) is 54.5 Å². The minimum atomic E-state index is -1.21. The quantitative estimate of drug-likeness (QED) is 0.123. The molecule has 3 heteroatoms. The largest absolute Gasteiger partial charge is 0.254 e. The molecule has 0 saturated carbocycles. The number of nitrogens with zero attached hydrogens (tertiary/aromatic N) is 2. The molecule has 3 aromatic heterocycles. The molecule has 284 valence electrons. The van der Waals surface area contributed by atoms with Gasteiger partial charge in [-0.15, -0.1) is 11.3 Å². The van der Waals surface area contributed by atoms with Crippen molar-refractivity contribution in [3.8, 4) is 65.5 Å². The van der Waals surface area contributed by atoms with Crippen LogP contribution in [0, 0.1) is 0 Å². The van der Waals surface area contributed by atoms with Crippen molar-refractivity contribution >= 4 is 65.5 Å². The lowest BCUT2D eigenvalue weighted by Crippen LogP contribution is -1.91. The Kier molecular flexibility index (Phi) is 3.45. The highest BCUT2D eigenvalue weighted by Crippen LogP contribution is 2.56. The molecule has 0 bridgehead atoms. The van der Waals surface area contributed by atoms with Gasteiger partial charge < -0.3 is 0 Å². The molecule has 61 heavy (non-hydrogen) atoms. The Morgan fingerprint density at radius 2 is 0.770 bits per heavy atom.